The van der Waals surface area contributed by atoms with Crippen LogP contribution in [0.25, 0.3) is 0 Å². The van der Waals surface area contributed by atoms with Crippen LogP contribution >= 0.6 is 0 Å². The quantitative estimate of drug-likeness (QED) is 0.846. The molecule has 1 aromatic carbocycles. The average Bonchev–Trinajstić information content (AvgIpc) is 2.25. The predicted octanol–water partition coefficient (Wildman–Crippen LogP) is 2.75. The molecule has 0 aliphatic carbocycles. The number of carbonyl (C=O) groups is 1. The summed E-state index contributed by atoms with van der Waals surface area (Å²) in [6, 6.07) is 5.33. The second-order valence-corrected chi connectivity index (χ2v) is 4.55. The molecule has 1 aromatic rings. The van der Waals surface area contributed by atoms with Crippen LogP contribution in [0.2, 0.25) is 0 Å². The molecular weight excluding hydrogens is 244 g/mol. The van der Waals surface area contributed by atoms with Gasteiger partial charge in [0.25, 0.3) is 5.91 Å². The third kappa shape index (κ3) is 5.09. The number of amides is 1. The molecule has 4 nitrogen and oxygen atoms in total. The molecule has 0 heterocycles. The van der Waals surface area contributed by atoms with E-state index < -0.39 is 18.1 Å². The molecule has 0 aliphatic rings. The van der Waals surface area contributed by atoms with Gasteiger partial charge in [0.1, 0.15) is 5.75 Å². The van der Waals surface area contributed by atoms with Crippen molar-refractivity contribution in [2.75, 3.05) is 0 Å². The van der Waals surface area contributed by atoms with Crippen LogP contribution in [0.4, 0.5) is 8.78 Å². The van der Waals surface area contributed by atoms with Crippen molar-refractivity contribution in [1.82, 2.24) is 5.48 Å². The van der Waals surface area contributed by atoms with E-state index >= 15 is 0 Å². The number of hydroxylamine groups is 1. The third-order valence-corrected chi connectivity index (χ3v) is 1.79. The number of halogens is 2. The lowest BCUT2D eigenvalue weighted by atomic mass is 10.2. The molecular formula is C12H15F2NO3. The number of hydrogen-bond acceptors (Lipinski definition) is 3. The van der Waals surface area contributed by atoms with Gasteiger partial charge in [0.2, 0.25) is 0 Å². The first-order valence-corrected chi connectivity index (χ1v) is 5.31. The molecule has 1 N–H and O–H groups in total. The van der Waals surface area contributed by atoms with Gasteiger partial charge in [-0.15, -0.1) is 0 Å². The zero-order chi connectivity index (χ0) is 13.8. The highest BCUT2D eigenvalue weighted by molar-refractivity contribution is 5.93. The van der Waals surface area contributed by atoms with Crippen molar-refractivity contribution in [3.63, 3.8) is 0 Å². The van der Waals surface area contributed by atoms with Crippen LogP contribution in [-0.2, 0) is 4.84 Å². The van der Waals surface area contributed by atoms with Crippen LogP contribution in [0, 0.1) is 0 Å². The Kier molecular flexibility index (Phi) is 4.61. The first kappa shape index (κ1) is 14.4. The van der Waals surface area contributed by atoms with Gasteiger partial charge in [-0.05, 0) is 45.0 Å². The fraction of sp³-hybridized carbons (Fsp3) is 0.417. The molecule has 0 atom stereocenters. The Bertz CT molecular complexity index is 399. The van der Waals surface area contributed by atoms with E-state index in [-0.39, 0.29) is 5.75 Å². The number of hydrogen-bond donors (Lipinski definition) is 1. The highest BCUT2D eigenvalue weighted by Crippen LogP contribution is 2.15. The Balaban J connectivity index is 2.59. The van der Waals surface area contributed by atoms with E-state index in [2.05, 4.69) is 10.2 Å². The van der Waals surface area contributed by atoms with Gasteiger partial charge in [0, 0.05) is 5.56 Å². The van der Waals surface area contributed by atoms with Crippen LogP contribution < -0.4 is 10.2 Å². The van der Waals surface area contributed by atoms with E-state index in [0.717, 1.165) is 0 Å². The van der Waals surface area contributed by atoms with E-state index in [1.165, 1.54) is 24.3 Å². The van der Waals surface area contributed by atoms with Crippen molar-refractivity contribution < 1.29 is 23.1 Å². The summed E-state index contributed by atoms with van der Waals surface area (Å²) in [5, 5.41) is 0. The summed E-state index contributed by atoms with van der Waals surface area (Å²) in [7, 11) is 0. The molecule has 0 aliphatic heterocycles. The summed E-state index contributed by atoms with van der Waals surface area (Å²) in [4.78, 5) is 16.7. The van der Waals surface area contributed by atoms with E-state index in [9.17, 15) is 13.6 Å². The summed E-state index contributed by atoms with van der Waals surface area (Å²) >= 11 is 0. The Morgan fingerprint density at radius 1 is 1.22 bits per heavy atom. The Morgan fingerprint density at radius 3 is 2.22 bits per heavy atom. The summed E-state index contributed by atoms with van der Waals surface area (Å²) in [6.45, 7) is 2.47. The van der Waals surface area contributed by atoms with Crippen molar-refractivity contribution in [1.29, 1.82) is 0 Å². The summed E-state index contributed by atoms with van der Waals surface area (Å²) < 4.78 is 28.0. The van der Waals surface area contributed by atoms with Crippen molar-refractivity contribution in [3.8, 4) is 5.75 Å². The second kappa shape index (κ2) is 5.77. The fourth-order valence-corrected chi connectivity index (χ4v) is 1.05. The molecule has 100 valence electrons. The summed E-state index contributed by atoms with van der Waals surface area (Å²) in [5.41, 5.74) is 2.06. The minimum absolute atomic E-state index is 0.00158. The Hall–Kier alpha value is -1.69. The van der Waals surface area contributed by atoms with Crippen molar-refractivity contribution >= 4 is 5.91 Å². The van der Waals surface area contributed by atoms with Crippen LogP contribution in [0.5, 0.6) is 5.75 Å². The van der Waals surface area contributed by atoms with Crippen molar-refractivity contribution in [3.05, 3.63) is 29.8 Å². The first-order chi connectivity index (χ1) is 8.28. The molecule has 6 heteroatoms. The first-order valence-electron chi connectivity index (χ1n) is 5.31. The largest absolute Gasteiger partial charge is 0.435 e. The zero-order valence-corrected chi connectivity index (χ0v) is 10.4. The van der Waals surface area contributed by atoms with Crippen molar-refractivity contribution in [2.24, 2.45) is 0 Å². The maximum atomic E-state index is 11.9. The lowest BCUT2D eigenvalue weighted by molar-refractivity contribution is -0.0590. The summed E-state index contributed by atoms with van der Waals surface area (Å²) in [6.07, 6.45) is 0. The Labute approximate surface area is 104 Å². The van der Waals surface area contributed by atoms with Gasteiger partial charge in [-0.3, -0.25) is 9.63 Å². The smallest absolute Gasteiger partial charge is 0.387 e. The topological polar surface area (TPSA) is 47.6 Å². The van der Waals surface area contributed by atoms with Gasteiger partial charge >= 0.3 is 6.61 Å². The molecule has 0 saturated heterocycles. The van der Waals surface area contributed by atoms with Gasteiger partial charge in [-0.2, -0.15) is 8.78 Å². The standard InChI is InChI=1S/C12H15F2NO3/c1-12(2,3)18-15-10(16)8-4-6-9(7-5-8)17-11(13)14/h4-7,11H,1-3H3,(H,15,16). The number of benzene rings is 1. The molecule has 0 unspecified atom stereocenters. The predicted molar refractivity (Wildman–Crippen MR) is 61.4 cm³/mol. The molecule has 0 saturated carbocycles. The number of carbonyl (C=O) groups excluding carboxylic acids is 1. The highest BCUT2D eigenvalue weighted by atomic mass is 19.3. The van der Waals surface area contributed by atoms with Gasteiger partial charge in [0.05, 0.1) is 5.60 Å². The van der Waals surface area contributed by atoms with Gasteiger partial charge < -0.3 is 4.74 Å². The number of ether oxygens (including phenoxy) is 1. The molecule has 0 radical (unpaired) electrons. The average molecular weight is 259 g/mol. The van der Waals surface area contributed by atoms with Crippen molar-refractivity contribution in [2.45, 2.75) is 33.0 Å². The second-order valence-electron chi connectivity index (χ2n) is 4.55. The van der Waals surface area contributed by atoms with Gasteiger partial charge in [-0.25, -0.2) is 5.48 Å². The monoisotopic (exact) mass is 259 g/mol. The normalized spacial score (nSPS) is 11.4. The van der Waals surface area contributed by atoms with E-state index in [1.807, 2.05) is 0 Å². The van der Waals surface area contributed by atoms with E-state index in [0.29, 0.717) is 5.56 Å². The zero-order valence-electron chi connectivity index (χ0n) is 10.4. The molecule has 0 fully saturated rings. The van der Waals surface area contributed by atoms with E-state index in [4.69, 9.17) is 4.84 Å². The minimum Gasteiger partial charge on any atom is -0.435 e. The van der Waals surface area contributed by atoms with Crippen LogP contribution in [0.15, 0.2) is 24.3 Å². The lowest BCUT2D eigenvalue weighted by Crippen LogP contribution is -2.33. The van der Waals surface area contributed by atoms with Crippen LogP contribution in [-0.4, -0.2) is 18.1 Å². The van der Waals surface area contributed by atoms with Crippen LogP contribution in [0.3, 0.4) is 0 Å². The molecule has 18 heavy (non-hydrogen) atoms. The highest BCUT2D eigenvalue weighted by Gasteiger charge is 2.14. The molecule has 1 amide bonds. The lowest BCUT2D eigenvalue weighted by Gasteiger charge is -2.18. The number of rotatable bonds is 4. The van der Waals surface area contributed by atoms with E-state index in [1.54, 1.807) is 20.8 Å². The Morgan fingerprint density at radius 2 is 1.78 bits per heavy atom. The SMILES string of the molecule is CC(C)(C)ONC(=O)c1ccc(OC(F)F)cc1. The van der Waals surface area contributed by atoms with Gasteiger partial charge in [0.15, 0.2) is 0 Å². The molecule has 0 bridgehead atoms. The third-order valence-electron chi connectivity index (χ3n) is 1.79. The maximum Gasteiger partial charge on any atom is 0.387 e. The fourth-order valence-electron chi connectivity index (χ4n) is 1.05. The number of nitrogens with one attached hydrogen (secondary N) is 1. The van der Waals surface area contributed by atoms with Crippen LogP contribution in [0.1, 0.15) is 31.1 Å². The van der Waals surface area contributed by atoms with Gasteiger partial charge in [-0.1, -0.05) is 0 Å². The molecule has 1 rings (SSSR count). The molecule has 0 spiro atoms. The number of alkyl halides is 2. The summed E-state index contributed by atoms with van der Waals surface area (Å²) in [5.74, 6) is -0.452. The minimum atomic E-state index is -2.88. The maximum absolute atomic E-state index is 11.9. The molecule has 0 aromatic heterocycles.